The molecule has 0 saturated carbocycles. The molecule has 0 rings (SSSR count). The third-order valence-corrected chi connectivity index (χ3v) is 2.11. The van der Waals surface area contributed by atoms with Gasteiger partial charge in [-0.1, -0.05) is 39.5 Å². The first-order valence-corrected chi connectivity index (χ1v) is 4.84. The third-order valence-electron chi connectivity index (χ3n) is 2.11. The van der Waals surface area contributed by atoms with Crippen LogP contribution in [-0.2, 0) is 0 Å². The van der Waals surface area contributed by atoms with Crippen molar-refractivity contribution in [1.29, 1.82) is 0 Å². The van der Waals surface area contributed by atoms with Crippen LogP contribution in [-0.4, -0.2) is 10.7 Å². The standard InChI is InChI=1S/C10H22O/c1-4-6-7-9-10(3,11)8-5-2/h11H,4-9H2,1-3H3/t10-/m0/s1. The molecule has 0 aromatic rings. The van der Waals surface area contributed by atoms with Gasteiger partial charge in [0.15, 0.2) is 0 Å². The van der Waals surface area contributed by atoms with Crippen molar-refractivity contribution in [2.75, 3.05) is 0 Å². The zero-order valence-electron chi connectivity index (χ0n) is 8.19. The van der Waals surface area contributed by atoms with Crippen molar-refractivity contribution in [3.8, 4) is 0 Å². The fourth-order valence-corrected chi connectivity index (χ4v) is 1.42. The monoisotopic (exact) mass is 158 g/mol. The molecule has 0 aromatic heterocycles. The lowest BCUT2D eigenvalue weighted by Gasteiger charge is -2.22. The molecule has 1 N–H and O–H groups in total. The molecule has 0 radical (unpaired) electrons. The second kappa shape index (κ2) is 5.59. The minimum absolute atomic E-state index is 0.399. The van der Waals surface area contributed by atoms with Crippen LogP contribution in [0, 0.1) is 0 Å². The Hall–Kier alpha value is -0.0400. The Labute approximate surface area is 70.8 Å². The van der Waals surface area contributed by atoms with Crippen molar-refractivity contribution >= 4 is 0 Å². The van der Waals surface area contributed by atoms with E-state index in [4.69, 9.17) is 0 Å². The van der Waals surface area contributed by atoms with Crippen LogP contribution in [0.3, 0.4) is 0 Å². The summed E-state index contributed by atoms with van der Waals surface area (Å²) in [5, 5.41) is 9.74. The van der Waals surface area contributed by atoms with Gasteiger partial charge in [-0.3, -0.25) is 0 Å². The number of hydrogen-bond acceptors (Lipinski definition) is 1. The lowest BCUT2D eigenvalue weighted by Crippen LogP contribution is -2.23. The van der Waals surface area contributed by atoms with E-state index in [1.807, 2.05) is 6.92 Å². The summed E-state index contributed by atoms with van der Waals surface area (Å²) in [4.78, 5) is 0. The van der Waals surface area contributed by atoms with Gasteiger partial charge in [0, 0.05) is 0 Å². The van der Waals surface area contributed by atoms with E-state index in [0.717, 1.165) is 19.3 Å². The molecular formula is C10H22O. The molecule has 0 unspecified atom stereocenters. The van der Waals surface area contributed by atoms with Crippen molar-refractivity contribution in [3.63, 3.8) is 0 Å². The summed E-state index contributed by atoms with van der Waals surface area (Å²) in [6, 6.07) is 0. The van der Waals surface area contributed by atoms with Crippen LogP contribution >= 0.6 is 0 Å². The Morgan fingerprint density at radius 3 is 2.09 bits per heavy atom. The highest BCUT2D eigenvalue weighted by Gasteiger charge is 2.17. The molecule has 1 heteroatoms. The number of aliphatic hydroxyl groups is 1. The summed E-state index contributed by atoms with van der Waals surface area (Å²) >= 11 is 0. The highest BCUT2D eigenvalue weighted by molar-refractivity contribution is 4.70. The summed E-state index contributed by atoms with van der Waals surface area (Å²) in [6.45, 7) is 6.26. The average molecular weight is 158 g/mol. The zero-order valence-corrected chi connectivity index (χ0v) is 8.19. The Kier molecular flexibility index (Phi) is 5.57. The minimum Gasteiger partial charge on any atom is -0.390 e. The summed E-state index contributed by atoms with van der Waals surface area (Å²) < 4.78 is 0. The molecule has 0 aliphatic rings. The molecule has 0 aliphatic heterocycles. The van der Waals surface area contributed by atoms with Crippen molar-refractivity contribution in [3.05, 3.63) is 0 Å². The van der Waals surface area contributed by atoms with Gasteiger partial charge in [0.1, 0.15) is 0 Å². The number of rotatable bonds is 6. The minimum atomic E-state index is -0.399. The molecule has 0 fully saturated rings. The van der Waals surface area contributed by atoms with E-state index >= 15 is 0 Å². The lowest BCUT2D eigenvalue weighted by atomic mass is 9.94. The van der Waals surface area contributed by atoms with E-state index in [-0.39, 0.29) is 0 Å². The summed E-state index contributed by atoms with van der Waals surface area (Å²) in [6.07, 6.45) is 6.65. The van der Waals surface area contributed by atoms with Crippen molar-refractivity contribution in [1.82, 2.24) is 0 Å². The van der Waals surface area contributed by atoms with Crippen LogP contribution in [0.15, 0.2) is 0 Å². The molecular weight excluding hydrogens is 136 g/mol. The van der Waals surface area contributed by atoms with Gasteiger partial charge in [0.2, 0.25) is 0 Å². The molecule has 0 aromatic carbocycles. The number of hydrogen-bond donors (Lipinski definition) is 1. The summed E-state index contributed by atoms with van der Waals surface area (Å²) in [5.74, 6) is 0. The Balaban J connectivity index is 3.38. The van der Waals surface area contributed by atoms with E-state index in [1.165, 1.54) is 19.3 Å². The van der Waals surface area contributed by atoms with E-state index in [2.05, 4.69) is 13.8 Å². The van der Waals surface area contributed by atoms with Gasteiger partial charge in [-0.15, -0.1) is 0 Å². The Morgan fingerprint density at radius 1 is 1.00 bits per heavy atom. The first-order valence-electron chi connectivity index (χ1n) is 4.84. The smallest absolute Gasteiger partial charge is 0.0619 e. The van der Waals surface area contributed by atoms with Crippen LogP contribution in [0.2, 0.25) is 0 Å². The molecule has 1 nitrogen and oxygen atoms in total. The fraction of sp³-hybridized carbons (Fsp3) is 1.00. The van der Waals surface area contributed by atoms with Gasteiger partial charge < -0.3 is 5.11 Å². The van der Waals surface area contributed by atoms with Gasteiger partial charge in [0.25, 0.3) is 0 Å². The fourth-order valence-electron chi connectivity index (χ4n) is 1.42. The van der Waals surface area contributed by atoms with Crippen molar-refractivity contribution in [2.45, 2.75) is 64.9 Å². The third kappa shape index (κ3) is 6.36. The maximum atomic E-state index is 9.74. The van der Waals surface area contributed by atoms with Crippen LogP contribution < -0.4 is 0 Å². The van der Waals surface area contributed by atoms with Gasteiger partial charge in [0.05, 0.1) is 5.60 Å². The molecule has 1 atom stereocenters. The Morgan fingerprint density at radius 2 is 1.64 bits per heavy atom. The van der Waals surface area contributed by atoms with Crippen LogP contribution in [0.5, 0.6) is 0 Å². The van der Waals surface area contributed by atoms with Gasteiger partial charge in [-0.05, 0) is 19.8 Å². The second-order valence-electron chi connectivity index (χ2n) is 3.70. The van der Waals surface area contributed by atoms with E-state index in [9.17, 15) is 5.11 Å². The summed E-state index contributed by atoms with van der Waals surface area (Å²) in [7, 11) is 0. The van der Waals surface area contributed by atoms with Crippen LogP contribution in [0.25, 0.3) is 0 Å². The highest BCUT2D eigenvalue weighted by atomic mass is 16.3. The average Bonchev–Trinajstić information content (AvgIpc) is 1.87. The van der Waals surface area contributed by atoms with Gasteiger partial charge in [-0.25, -0.2) is 0 Å². The summed E-state index contributed by atoms with van der Waals surface area (Å²) in [5.41, 5.74) is -0.399. The molecule has 0 amide bonds. The normalized spacial score (nSPS) is 16.4. The number of unbranched alkanes of at least 4 members (excludes halogenated alkanes) is 2. The molecule has 0 heterocycles. The topological polar surface area (TPSA) is 20.2 Å². The van der Waals surface area contributed by atoms with Crippen molar-refractivity contribution < 1.29 is 5.11 Å². The SMILES string of the molecule is CCCCC[C@@](C)(O)CCC. The molecule has 0 spiro atoms. The zero-order chi connectivity index (χ0) is 8.74. The first kappa shape index (κ1) is 11.0. The van der Waals surface area contributed by atoms with E-state index < -0.39 is 5.60 Å². The maximum absolute atomic E-state index is 9.74. The quantitative estimate of drug-likeness (QED) is 0.589. The molecule has 0 saturated heterocycles. The molecule has 0 aliphatic carbocycles. The Bertz CT molecular complexity index is 86.9. The van der Waals surface area contributed by atoms with Crippen molar-refractivity contribution in [2.24, 2.45) is 0 Å². The lowest BCUT2D eigenvalue weighted by molar-refractivity contribution is 0.0387. The maximum Gasteiger partial charge on any atom is 0.0619 e. The van der Waals surface area contributed by atoms with Crippen LogP contribution in [0.1, 0.15) is 59.3 Å². The van der Waals surface area contributed by atoms with E-state index in [1.54, 1.807) is 0 Å². The second-order valence-corrected chi connectivity index (χ2v) is 3.70. The van der Waals surface area contributed by atoms with E-state index in [0.29, 0.717) is 0 Å². The highest BCUT2D eigenvalue weighted by Crippen LogP contribution is 2.19. The predicted octanol–water partition coefficient (Wildman–Crippen LogP) is 3.12. The molecule has 68 valence electrons. The first-order chi connectivity index (χ1) is 5.12. The molecule has 0 bridgehead atoms. The van der Waals surface area contributed by atoms with Crippen LogP contribution in [0.4, 0.5) is 0 Å². The predicted molar refractivity (Wildman–Crippen MR) is 49.7 cm³/mol. The van der Waals surface area contributed by atoms with Gasteiger partial charge >= 0.3 is 0 Å². The molecule has 11 heavy (non-hydrogen) atoms. The van der Waals surface area contributed by atoms with Gasteiger partial charge in [-0.2, -0.15) is 0 Å². The largest absolute Gasteiger partial charge is 0.390 e.